The van der Waals surface area contributed by atoms with Crippen molar-refractivity contribution in [3.05, 3.63) is 24.2 Å². The van der Waals surface area contributed by atoms with Crippen LogP contribution in [0.2, 0.25) is 0 Å². The maximum Gasteiger partial charge on any atom is 0.293 e. The van der Waals surface area contributed by atoms with Crippen LogP contribution in [0.5, 0.6) is 0 Å². The molecule has 1 N–H and O–H groups in total. The molecule has 0 unspecified atom stereocenters. The first-order valence-electron chi connectivity index (χ1n) is 5.60. The minimum atomic E-state index is 0.435. The highest BCUT2D eigenvalue weighted by molar-refractivity contribution is 5.42. The molecule has 1 aliphatic rings. The molecule has 0 amide bonds. The lowest BCUT2D eigenvalue weighted by Crippen LogP contribution is -2.55. The van der Waals surface area contributed by atoms with E-state index in [4.69, 9.17) is 8.94 Å². The number of hydrogen-bond donors (Lipinski definition) is 1. The first kappa shape index (κ1) is 10.5. The van der Waals surface area contributed by atoms with Gasteiger partial charge in [-0.2, -0.15) is 4.98 Å². The Morgan fingerprint density at radius 1 is 1.53 bits per heavy atom. The largest absolute Gasteiger partial charge is 0.459 e. The lowest BCUT2D eigenvalue weighted by Gasteiger charge is -2.34. The van der Waals surface area contributed by atoms with E-state index in [0.717, 1.165) is 13.1 Å². The van der Waals surface area contributed by atoms with E-state index in [1.54, 1.807) is 18.4 Å². The third kappa shape index (κ3) is 2.09. The molecule has 1 aliphatic heterocycles. The molecule has 0 atom stereocenters. The Bertz CT molecular complexity index is 475. The number of hydrogen-bond acceptors (Lipinski definition) is 6. The Labute approximate surface area is 98.6 Å². The predicted octanol–water partition coefficient (Wildman–Crippen LogP) is 0.733. The van der Waals surface area contributed by atoms with Crippen molar-refractivity contribution in [2.45, 2.75) is 12.6 Å². The predicted molar refractivity (Wildman–Crippen MR) is 60.1 cm³/mol. The van der Waals surface area contributed by atoms with Crippen LogP contribution in [0.25, 0.3) is 11.7 Å². The van der Waals surface area contributed by atoms with Crippen LogP contribution in [0.3, 0.4) is 0 Å². The zero-order valence-corrected chi connectivity index (χ0v) is 9.59. The van der Waals surface area contributed by atoms with Gasteiger partial charge in [-0.25, -0.2) is 0 Å². The smallest absolute Gasteiger partial charge is 0.293 e. The van der Waals surface area contributed by atoms with Crippen LogP contribution in [0.1, 0.15) is 5.82 Å². The fourth-order valence-electron chi connectivity index (χ4n) is 1.76. The monoisotopic (exact) mass is 234 g/mol. The maximum absolute atomic E-state index is 5.20. The number of rotatable bonds is 4. The van der Waals surface area contributed by atoms with E-state index >= 15 is 0 Å². The number of furan rings is 1. The molecule has 0 bridgehead atoms. The van der Waals surface area contributed by atoms with E-state index in [0.29, 0.717) is 30.1 Å². The quantitative estimate of drug-likeness (QED) is 0.841. The Morgan fingerprint density at radius 3 is 3.06 bits per heavy atom. The van der Waals surface area contributed by atoms with Crippen molar-refractivity contribution in [2.75, 3.05) is 20.1 Å². The van der Waals surface area contributed by atoms with Gasteiger partial charge in [0.25, 0.3) is 5.89 Å². The number of aromatic nitrogens is 2. The molecule has 17 heavy (non-hydrogen) atoms. The highest BCUT2D eigenvalue weighted by Gasteiger charge is 2.23. The highest BCUT2D eigenvalue weighted by atomic mass is 16.5. The van der Waals surface area contributed by atoms with E-state index in [-0.39, 0.29) is 0 Å². The second kappa shape index (κ2) is 4.31. The summed E-state index contributed by atoms with van der Waals surface area (Å²) in [7, 11) is 2.06. The SMILES string of the molecule is CN(Cc1noc(-c2ccco2)n1)C1CNC1. The van der Waals surface area contributed by atoms with Gasteiger partial charge in [0.15, 0.2) is 11.6 Å². The molecule has 0 spiro atoms. The number of likely N-dealkylation sites (N-methyl/N-ethyl adjacent to an activating group) is 1. The van der Waals surface area contributed by atoms with Gasteiger partial charge in [0, 0.05) is 19.1 Å². The van der Waals surface area contributed by atoms with Crippen molar-refractivity contribution in [1.82, 2.24) is 20.4 Å². The zero-order valence-electron chi connectivity index (χ0n) is 9.59. The van der Waals surface area contributed by atoms with Gasteiger partial charge in [0.2, 0.25) is 0 Å². The van der Waals surface area contributed by atoms with Crippen LogP contribution < -0.4 is 5.32 Å². The van der Waals surface area contributed by atoms with Crippen LogP contribution in [-0.4, -0.2) is 41.2 Å². The van der Waals surface area contributed by atoms with Crippen molar-refractivity contribution in [2.24, 2.45) is 0 Å². The third-order valence-electron chi connectivity index (χ3n) is 2.97. The second-order valence-corrected chi connectivity index (χ2v) is 4.22. The van der Waals surface area contributed by atoms with Crippen LogP contribution in [-0.2, 0) is 6.54 Å². The van der Waals surface area contributed by atoms with E-state index in [2.05, 4.69) is 27.4 Å². The van der Waals surface area contributed by atoms with Gasteiger partial charge in [0.05, 0.1) is 12.8 Å². The van der Waals surface area contributed by atoms with Gasteiger partial charge in [-0.3, -0.25) is 4.90 Å². The summed E-state index contributed by atoms with van der Waals surface area (Å²) < 4.78 is 10.3. The highest BCUT2D eigenvalue weighted by Crippen LogP contribution is 2.17. The van der Waals surface area contributed by atoms with Crippen molar-refractivity contribution in [3.63, 3.8) is 0 Å². The molecule has 0 aliphatic carbocycles. The van der Waals surface area contributed by atoms with E-state index in [1.165, 1.54) is 0 Å². The van der Waals surface area contributed by atoms with E-state index < -0.39 is 0 Å². The van der Waals surface area contributed by atoms with Crippen LogP contribution in [0, 0.1) is 0 Å². The lowest BCUT2D eigenvalue weighted by molar-refractivity contribution is 0.168. The van der Waals surface area contributed by atoms with Crippen molar-refractivity contribution >= 4 is 0 Å². The maximum atomic E-state index is 5.20. The van der Waals surface area contributed by atoms with Gasteiger partial charge in [-0.1, -0.05) is 5.16 Å². The molecule has 6 heteroatoms. The Kier molecular flexibility index (Phi) is 2.66. The molecule has 2 aromatic rings. The molecular weight excluding hydrogens is 220 g/mol. The lowest BCUT2D eigenvalue weighted by atomic mass is 10.1. The zero-order chi connectivity index (χ0) is 11.7. The second-order valence-electron chi connectivity index (χ2n) is 4.22. The fraction of sp³-hybridized carbons (Fsp3) is 0.455. The van der Waals surface area contributed by atoms with Crippen LogP contribution in [0.15, 0.2) is 27.3 Å². The van der Waals surface area contributed by atoms with Gasteiger partial charge in [-0.15, -0.1) is 0 Å². The first-order chi connectivity index (χ1) is 8.33. The van der Waals surface area contributed by atoms with Crippen molar-refractivity contribution < 1.29 is 8.94 Å². The van der Waals surface area contributed by atoms with Gasteiger partial charge >= 0.3 is 0 Å². The topological polar surface area (TPSA) is 67.3 Å². The molecule has 1 saturated heterocycles. The summed E-state index contributed by atoms with van der Waals surface area (Å²) in [5.41, 5.74) is 0. The Hall–Kier alpha value is -1.66. The first-order valence-corrected chi connectivity index (χ1v) is 5.60. The summed E-state index contributed by atoms with van der Waals surface area (Å²) in [6.45, 7) is 2.75. The van der Waals surface area contributed by atoms with Gasteiger partial charge in [0.1, 0.15) is 0 Å². The number of nitrogens with one attached hydrogen (secondary N) is 1. The summed E-state index contributed by atoms with van der Waals surface area (Å²) in [6, 6.07) is 4.17. The normalized spacial score (nSPS) is 16.4. The molecule has 1 fully saturated rings. The molecule has 0 aromatic carbocycles. The Balaban J connectivity index is 1.68. The van der Waals surface area contributed by atoms with Crippen molar-refractivity contribution in [3.8, 4) is 11.7 Å². The summed E-state index contributed by atoms with van der Waals surface area (Å²) in [5, 5.41) is 7.18. The van der Waals surface area contributed by atoms with E-state index in [1.807, 2.05) is 0 Å². The molecule has 0 saturated carbocycles. The average Bonchev–Trinajstić information content (AvgIpc) is 2.82. The standard InChI is InChI=1S/C11H14N4O2/c1-15(8-5-12-6-8)7-10-13-11(17-14-10)9-3-2-4-16-9/h2-4,8,12H,5-7H2,1H3. The van der Waals surface area contributed by atoms with Gasteiger partial charge in [-0.05, 0) is 19.2 Å². The Morgan fingerprint density at radius 2 is 2.41 bits per heavy atom. The van der Waals surface area contributed by atoms with E-state index in [9.17, 15) is 0 Å². The fourth-order valence-corrected chi connectivity index (χ4v) is 1.76. The molecule has 3 heterocycles. The van der Waals surface area contributed by atoms with Crippen LogP contribution in [0.4, 0.5) is 0 Å². The molecule has 3 rings (SSSR count). The third-order valence-corrected chi connectivity index (χ3v) is 2.97. The molecule has 2 aromatic heterocycles. The molecule has 6 nitrogen and oxygen atoms in total. The summed E-state index contributed by atoms with van der Waals surface area (Å²) in [4.78, 5) is 6.52. The summed E-state index contributed by atoms with van der Waals surface area (Å²) >= 11 is 0. The minimum Gasteiger partial charge on any atom is -0.459 e. The molecular formula is C11H14N4O2. The average molecular weight is 234 g/mol. The number of nitrogens with zero attached hydrogens (tertiary/aromatic N) is 3. The minimum absolute atomic E-state index is 0.435. The molecule has 0 radical (unpaired) electrons. The van der Waals surface area contributed by atoms with Crippen molar-refractivity contribution in [1.29, 1.82) is 0 Å². The van der Waals surface area contributed by atoms with Crippen LogP contribution >= 0.6 is 0 Å². The summed E-state index contributed by atoms with van der Waals surface area (Å²) in [6.07, 6.45) is 1.59. The summed E-state index contributed by atoms with van der Waals surface area (Å²) in [5.74, 6) is 1.73. The molecule has 90 valence electrons. The van der Waals surface area contributed by atoms with Gasteiger partial charge < -0.3 is 14.3 Å².